The quantitative estimate of drug-likeness (QED) is 0.745. The minimum absolute atomic E-state index is 0.374. The molecule has 1 aromatic carbocycles. The van der Waals surface area contributed by atoms with Crippen LogP contribution in [0, 0.1) is 0 Å². The van der Waals surface area contributed by atoms with Crippen molar-refractivity contribution in [3.05, 3.63) is 42.1 Å². The maximum Gasteiger partial charge on any atom is 0.319 e. The number of carbonyl (C=O) groups is 2. The number of pyridine rings is 1. The third-order valence-corrected chi connectivity index (χ3v) is 2.10. The molecule has 1 heterocycles. The van der Waals surface area contributed by atoms with E-state index < -0.39 is 11.9 Å². The van der Waals surface area contributed by atoms with Crippen LogP contribution in [0.3, 0.4) is 0 Å². The zero-order chi connectivity index (χ0) is 11.5. The third kappa shape index (κ3) is 1.98. The number of primary amides is 1. The van der Waals surface area contributed by atoms with E-state index in [9.17, 15) is 9.59 Å². The lowest BCUT2D eigenvalue weighted by molar-refractivity contribution is 0.0966. The summed E-state index contributed by atoms with van der Waals surface area (Å²) in [5, 5.41) is 2.84. The number of aromatic nitrogens is 1. The van der Waals surface area contributed by atoms with Crippen molar-refractivity contribution < 1.29 is 9.59 Å². The minimum atomic E-state index is -0.865. The lowest BCUT2D eigenvalue weighted by Gasteiger charge is -2.02. The van der Waals surface area contributed by atoms with Crippen LogP contribution < -0.4 is 11.1 Å². The summed E-state index contributed by atoms with van der Waals surface area (Å²) < 4.78 is 0. The smallest absolute Gasteiger partial charge is 0.319 e. The molecule has 0 fully saturated rings. The van der Waals surface area contributed by atoms with Crippen LogP contribution >= 0.6 is 0 Å². The molecule has 3 N–H and O–H groups in total. The molecule has 16 heavy (non-hydrogen) atoms. The fraction of sp³-hybridized carbons (Fsp3) is 0. The fourth-order valence-electron chi connectivity index (χ4n) is 1.40. The lowest BCUT2D eigenvalue weighted by Crippen LogP contribution is -2.34. The van der Waals surface area contributed by atoms with Crippen molar-refractivity contribution in [2.75, 3.05) is 0 Å². The fourth-order valence-corrected chi connectivity index (χ4v) is 1.40. The predicted octanol–water partition coefficient (Wildman–Crippen LogP) is 1.04. The van der Waals surface area contributed by atoms with Crippen LogP contribution in [-0.4, -0.2) is 16.9 Å². The van der Waals surface area contributed by atoms with Gasteiger partial charge in [0.2, 0.25) is 0 Å². The van der Waals surface area contributed by atoms with E-state index in [-0.39, 0.29) is 0 Å². The second-order valence-corrected chi connectivity index (χ2v) is 3.23. The third-order valence-electron chi connectivity index (χ3n) is 2.10. The molecule has 0 aliphatic heterocycles. The molecule has 0 radical (unpaired) electrons. The number of nitrogens with zero attached hydrogens (tertiary/aromatic N) is 1. The first-order chi connectivity index (χ1) is 7.66. The van der Waals surface area contributed by atoms with Crippen molar-refractivity contribution in [1.29, 1.82) is 0 Å². The normalized spacial score (nSPS) is 10.0. The monoisotopic (exact) mass is 215 g/mol. The molecular formula is C11H9N3O2. The zero-order valence-corrected chi connectivity index (χ0v) is 8.31. The van der Waals surface area contributed by atoms with Crippen molar-refractivity contribution in [2.45, 2.75) is 0 Å². The Morgan fingerprint density at radius 1 is 1.25 bits per heavy atom. The molecule has 0 unspecified atom stereocenters. The van der Waals surface area contributed by atoms with Gasteiger partial charge in [-0.1, -0.05) is 6.07 Å². The Morgan fingerprint density at radius 2 is 2.06 bits per heavy atom. The van der Waals surface area contributed by atoms with Gasteiger partial charge in [-0.25, -0.2) is 4.79 Å². The molecule has 80 valence electrons. The summed E-state index contributed by atoms with van der Waals surface area (Å²) in [5.74, 6) is -0.516. The van der Waals surface area contributed by atoms with E-state index in [1.807, 2.05) is 11.4 Å². The van der Waals surface area contributed by atoms with Gasteiger partial charge in [0.15, 0.2) is 0 Å². The van der Waals surface area contributed by atoms with Gasteiger partial charge in [0.1, 0.15) is 0 Å². The second kappa shape index (κ2) is 3.98. The highest BCUT2D eigenvalue weighted by atomic mass is 16.2. The van der Waals surface area contributed by atoms with Gasteiger partial charge in [-0.15, -0.1) is 0 Å². The average Bonchev–Trinajstić information content (AvgIpc) is 2.27. The Labute approximate surface area is 91.3 Å². The molecule has 0 saturated carbocycles. The summed E-state index contributed by atoms with van der Waals surface area (Å²) in [6, 6.07) is 7.71. The van der Waals surface area contributed by atoms with Crippen molar-refractivity contribution in [2.24, 2.45) is 5.73 Å². The van der Waals surface area contributed by atoms with Crippen LogP contribution in [0.5, 0.6) is 0 Å². The highest BCUT2D eigenvalue weighted by Crippen LogP contribution is 2.12. The van der Waals surface area contributed by atoms with Gasteiger partial charge in [-0.2, -0.15) is 0 Å². The molecule has 0 spiro atoms. The molecule has 2 aromatic rings. The Balaban J connectivity index is 2.39. The Morgan fingerprint density at radius 3 is 2.81 bits per heavy atom. The number of amides is 3. The number of nitrogens with one attached hydrogen (secondary N) is 1. The highest BCUT2D eigenvalue weighted by molar-refractivity contribution is 6.05. The number of hydrogen-bond acceptors (Lipinski definition) is 3. The van der Waals surface area contributed by atoms with E-state index in [0.29, 0.717) is 5.56 Å². The second-order valence-electron chi connectivity index (χ2n) is 3.23. The summed E-state index contributed by atoms with van der Waals surface area (Å²) in [4.78, 5) is 26.1. The number of rotatable bonds is 1. The van der Waals surface area contributed by atoms with Gasteiger partial charge < -0.3 is 5.73 Å². The molecule has 0 aliphatic rings. The summed E-state index contributed by atoms with van der Waals surface area (Å²) in [6.07, 6.45) is 1.67. The molecule has 0 atom stereocenters. The Bertz CT molecular complexity index is 566. The van der Waals surface area contributed by atoms with E-state index >= 15 is 0 Å². The van der Waals surface area contributed by atoms with Crippen molar-refractivity contribution >= 4 is 22.8 Å². The maximum absolute atomic E-state index is 11.5. The highest BCUT2D eigenvalue weighted by Gasteiger charge is 2.07. The van der Waals surface area contributed by atoms with E-state index in [2.05, 4.69) is 4.98 Å². The molecule has 5 heteroatoms. The number of urea groups is 1. The molecule has 5 nitrogen and oxygen atoms in total. The van der Waals surface area contributed by atoms with Gasteiger partial charge >= 0.3 is 6.03 Å². The van der Waals surface area contributed by atoms with Crippen LogP contribution in [0.4, 0.5) is 4.79 Å². The zero-order valence-electron chi connectivity index (χ0n) is 8.31. The van der Waals surface area contributed by atoms with E-state index in [1.165, 1.54) is 0 Å². The van der Waals surface area contributed by atoms with Crippen LogP contribution in [0.1, 0.15) is 10.4 Å². The van der Waals surface area contributed by atoms with E-state index in [4.69, 9.17) is 5.73 Å². The molecule has 0 saturated heterocycles. The van der Waals surface area contributed by atoms with Crippen LogP contribution in [0.15, 0.2) is 36.5 Å². The first-order valence-electron chi connectivity index (χ1n) is 4.62. The van der Waals surface area contributed by atoms with E-state index in [1.54, 1.807) is 30.5 Å². The molecule has 1 aromatic heterocycles. The van der Waals surface area contributed by atoms with Crippen LogP contribution in [-0.2, 0) is 0 Å². The number of imide groups is 1. The number of carbonyl (C=O) groups excluding carboxylic acids is 2. The number of hydrogen-bond donors (Lipinski definition) is 2. The van der Waals surface area contributed by atoms with Crippen molar-refractivity contribution in [1.82, 2.24) is 10.3 Å². The minimum Gasteiger partial charge on any atom is -0.351 e. The summed E-state index contributed by atoms with van der Waals surface area (Å²) in [7, 11) is 0. The van der Waals surface area contributed by atoms with Crippen LogP contribution in [0.25, 0.3) is 10.9 Å². The largest absolute Gasteiger partial charge is 0.351 e. The van der Waals surface area contributed by atoms with Crippen LogP contribution in [0.2, 0.25) is 0 Å². The maximum atomic E-state index is 11.5. The van der Waals surface area contributed by atoms with Crippen molar-refractivity contribution in [3.8, 4) is 0 Å². The Hall–Kier alpha value is -2.43. The Kier molecular flexibility index (Phi) is 2.51. The summed E-state index contributed by atoms with van der Waals surface area (Å²) >= 11 is 0. The van der Waals surface area contributed by atoms with Gasteiger partial charge in [0, 0.05) is 17.1 Å². The molecular weight excluding hydrogens is 206 g/mol. The average molecular weight is 215 g/mol. The number of benzene rings is 1. The van der Waals surface area contributed by atoms with Crippen molar-refractivity contribution in [3.63, 3.8) is 0 Å². The number of nitrogens with two attached hydrogens (primary N) is 1. The standard InChI is InChI=1S/C11H9N3O2/c12-11(16)14-10(15)8-3-4-9-7(6-8)2-1-5-13-9/h1-6H,(H3,12,14,15,16). The molecule has 3 amide bonds. The van der Waals surface area contributed by atoms with Gasteiger partial charge in [-0.05, 0) is 24.3 Å². The van der Waals surface area contributed by atoms with Gasteiger partial charge in [0.25, 0.3) is 5.91 Å². The first kappa shape index (κ1) is 10.1. The molecule has 2 rings (SSSR count). The SMILES string of the molecule is NC(=O)NC(=O)c1ccc2ncccc2c1. The topological polar surface area (TPSA) is 85.1 Å². The molecule has 0 bridgehead atoms. The van der Waals surface area contributed by atoms with Gasteiger partial charge in [0.05, 0.1) is 5.52 Å². The lowest BCUT2D eigenvalue weighted by atomic mass is 10.1. The number of fused-ring (bicyclic) bond motifs is 1. The predicted molar refractivity (Wildman–Crippen MR) is 58.8 cm³/mol. The summed E-state index contributed by atoms with van der Waals surface area (Å²) in [6.45, 7) is 0. The molecule has 0 aliphatic carbocycles. The summed E-state index contributed by atoms with van der Waals surface area (Å²) in [5.41, 5.74) is 6.02. The first-order valence-corrected chi connectivity index (χ1v) is 4.62. The van der Waals surface area contributed by atoms with E-state index in [0.717, 1.165) is 10.9 Å². The van der Waals surface area contributed by atoms with Gasteiger partial charge in [-0.3, -0.25) is 15.1 Å².